The summed E-state index contributed by atoms with van der Waals surface area (Å²) >= 11 is 1.39. The van der Waals surface area contributed by atoms with Gasteiger partial charge < -0.3 is 10.1 Å². The van der Waals surface area contributed by atoms with Crippen molar-refractivity contribution < 1.29 is 9.53 Å². The molecule has 136 valence electrons. The summed E-state index contributed by atoms with van der Waals surface area (Å²) < 4.78 is 6.79. The molecule has 0 fully saturated rings. The van der Waals surface area contributed by atoms with Crippen LogP contribution in [0.3, 0.4) is 0 Å². The van der Waals surface area contributed by atoms with Crippen molar-refractivity contribution >= 4 is 23.2 Å². The van der Waals surface area contributed by atoms with Gasteiger partial charge in [0.15, 0.2) is 5.16 Å². The molecule has 2 heterocycles. The van der Waals surface area contributed by atoms with E-state index in [1.807, 2.05) is 41.8 Å². The van der Waals surface area contributed by atoms with Gasteiger partial charge in [-0.2, -0.15) is 5.10 Å². The normalized spacial score (nSPS) is 11.0. The maximum Gasteiger partial charge on any atom is 0.230 e. The average Bonchev–Trinajstić information content (AvgIpc) is 3.00. The van der Waals surface area contributed by atoms with Crippen molar-refractivity contribution in [1.82, 2.24) is 19.9 Å². The van der Waals surface area contributed by atoms with Gasteiger partial charge in [-0.25, -0.2) is 9.50 Å². The van der Waals surface area contributed by atoms with Crippen molar-refractivity contribution in [3.8, 4) is 11.3 Å². The summed E-state index contributed by atoms with van der Waals surface area (Å²) in [6, 6.07) is 12.1. The largest absolute Gasteiger partial charge is 0.383 e. The molecule has 0 aliphatic heterocycles. The van der Waals surface area contributed by atoms with Gasteiger partial charge in [-0.15, -0.1) is 0 Å². The molecule has 0 aliphatic rings. The molecule has 0 spiro atoms. The van der Waals surface area contributed by atoms with Crippen molar-refractivity contribution in [2.24, 2.45) is 0 Å². The number of methoxy groups -OCH3 is 1. The van der Waals surface area contributed by atoms with E-state index in [4.69, 9.17) is 9.72 Å². The van der Waals surface area contributed by atoms with Crippen molar-refractivity contribution in [1.29, 1.82) is 0 Å². The Balaban J connectivity index is 1.92. The van der Waals surface area contributed by atoms with Crippen molar-refractivity contribution in [3.63, 3.8) is 0 Å². The minimum Gasteiger partial charge on any atom is -0.383 e. The molecule has 0 unspecified atom stereocenters. The summed E-state index contributed by atoms with van der Waals surface area (Å²) in [6.07, 6.45) is 0. The third kappa shape index (κ3) is 4.05. The van der Waals surface area contributed by atoms with Crippen molar-refractivity contribution in [3.05, 3.63) is 47.7 Å². The Morgan fingerprint density at radius 1 is 1.27 bits per heavy atom. The number of nitrogens with zero attached hydrogens (tertiary/aromatic N) is 3. The van der Waals surface area contributed by atoms with Crippen LogP contribution < -0.4 is 5.32 Å². The van der Waals surface area contributed by atoms with E-state index in [1.165, 1.54) is 11.8 Å². The Morgan fingerprint density at radius 2 is 2.04 bits per heavy atom. The highest BCUT2D eigenvalue weighted by Crippen LogP contribution is 2.30. The van der Waals surface area contributed by atoms with Gasteiger partial charge in [0.25, 0.3) is 0 Å². The second-order valence-corrected chi connectivity index (χ2v) is 6.91. The molecule has 1 N–H and O–H groups in total. The number of hydrogen-bond donors (Lipinski definition) is 1. The number of rotatable bonds is 7. The quantitative estimate of drug-likeness (QED) is 0.512. The van der Waals surface area contributed by atoms with E-state index >= 15 is 0 Å². The lowest BCUT2D eigenvalue weighted by Gasteiger charge is -2.05. The number of aryl methyl sites for hydroxylation is 2. The Hall–Kier alpha value is -2.38. The van der Waals surface area contributed by atoms with Gasteiger partial charge in [-0.3, -0.25) is 4.79 Å². The molecule has 3 rings (SSSR count). The number of hydrogen-bond acceptors (Lipinski definition) is 5. The van der Waals surface area contributed by atoms with Gasteiger partial charge >= 0.3 is 0 Å². The zero-order valence-electron chi connectivity index (χ0n) is 15.2. The number of amides is 1. The Morgan fingerprint density at radius 3 is 2.77 bits per heavy atom. The zero-order valence-corrected chi connectivity index (χ0v) is 16.0. The average molecular weight is 370 g/mol. The van der Waals surface area contributed by atoms with E-state index in [0.29, 0.717) is 18.3 Å². The summed E-state index contributed by atoms with van der Waals surface area (Å²) in [7, 11) is 1.61. The monoisotopic (exact) mass is 370 g/mol. The lowest BCUT2D eigenvalue weighted by atomic mass is 10.1. The van der Waals surface area contributed by atoms with Crippen LogP contribution in [0.2, 0.25) is 0 Å². The Kier molecular flexibility index (Phi) is 5.90. The van der Waals surface area contributed by atoms with E-state index in [-0.39, 0.29) is 11.7 Å². The van der Waals surface area contributed by atoms with E-state index in [9.17, 15) is 4.79 Å². The molecule has 1 amide bonds. The molecule has 7 heteroatoms. The van der Waals surface area contributed by atoms with Crippen LogP contribution in [0.4, 0.5) is 0 Å². The lowest BCUT2D eigenvalue weighted by Crippen LogP contribution is -2.28. The van der Waals surface area contributed by atoms with E-state index in [1.54, 1.807) is 7.11 Å². The maximum atomic E-state index is 12.0. The summed E-state index contributed by atoms with van der Waals surface area (Å²) in [5, 5.41) is 8.15. The van der Waals surface area contributed by atoms with Gasteiger partial charge in [0.1, 0.15) is 0 Å². The number of ether oxygens (including phenoxy) is 1. The first-order valence-corrected chi connectivity index (χ1v) is 9.39. The van der Waals surface area contributed by atoms with Gasteiger partial charge in [-0.05, 0) is 25.5 Å². The Bertz CT molecular complexity index is 909. The molecule has 0 aliphatic carbocycles. The Labute approximate surface area is 157 Å². The molecule has 6 nitrogen and oxygen atoms in total. The van der Waals surface area contributed by atoms with Gasteiger partial charge in [0, 0.05) is 19.2 Å². The van der Waals surface area contributed by atoms with Gasteiger partial charge in [0.2, 0.25) is 5.91 Å². The second kappa shape index (κ2) is 8.33. The summed E-state index contributed by atoms with van der Waals surface area (Å²) in [6.45, 7) is 5.02. The number of carbonyl (C=O) groups is 1. The van der Waals surface area contributed by atoms with Crippen LogP contribution in [-0.2, 0) is 9.53 Å². The fourth-order valence-corrected chi connectivity index (χ4v) is 3.54. The number of carbonyl (C=O) groups excluding carboxylic acids is 1. The van der Waals surface area contributed by atoms with Crippen molar-refractivity contribution in [2.45, 2.75) is 19.0 Å². The maximum absolute atomic E-state index is 12.0. The number of nitrogens with one attached hydrogen (secondary N) is 1. The fraction of sp³-hybridized carbons (Fsp3) is 0.316. The summed E-state index contributed by atoms with van der Waals surface area (Å²) in [5.74, 6) is 0.237. The minimum absolute atomic E-state index is 0.0468. The third-order valence-corrected chi connectivity index (χ3v) is 4.82. The number of imidazole rings is 1. The molecule has 1 aromatic carbocycles. The van der Waals surface area contributed by atoms with Crippen LogP contribution in [0, 0.1) is 13.8 Å². The molecular weight excluding hydrogens is 348 g/mol. The molecule has 3 aromatic rings. The van der Waals surface area contributed by atoms with Gasteiger partial charge in [0.05, 0.1) is 29.3 Å². The highest BCUT2D eigenvalue weighted by Gasteiger charge is 2.17. The standard InChI is InChI=1S/C19H22N4O2S/c1-13-11-14(2)22-23-18(13)17(15-7-5-4-6-8-15)21-19(23)26-12-16(24)20-9-10-25-3/h4-8,11H,9-10,12H2,1-3H3,(H,20,24). The molecule has 0 saturated carbocycles. The SMILES string of the molecule is COCCNC(=O)CSc1nc(-c2ccccc2)c2c(C)cc(C)nn12. The fourth-order valence-electron chi connectivity index (χ4n) is 2.77. The van der Waals surface area contributed by atoms with Gasteiger partial charge in [-0.1, -0.05) is 42.1 Å². The second-order valence-electron chi connectivity index (χ2n) is 5.97. The zero-order chi connectivity index (χ0) is 18.5. The summed E-state index contributed by atoms with van der Waals surface area (Å²) in [4.78, 5) is 16.8. The molecule has 0 radical (unpaired) electrons. The highest BCUT2D eigenvalue weighted by molar-refractivity contribution is 7.99. The first-order chi connectivity index (χ1) is 12.6. The first-order valence-electron chi connectivity index (χ1n) is 8.41. The van der Waals surface area contributed by atoms with Crippen LogP contribution in [0.1, 0.15) is 11.3 Å². The molecular formula is C19H22N4O2S. The lowest BCUT2D eigenvalue weighted by molar-refractivity contribution is -0.118. The van der Waals surface area contributed by atoms with Crippen molar-refractivity contribution in [2.75, 3.05) is 26.0 Å². The molecule has 2 aromatic heterocycles. The van der Waals surface area contributed by atoms with Crippen LogP contribution in [0.5, 0.6) is 0 Å². The van der Waals surface area contributed by atoms with E-state index in [0.717, 1.165) is 28.0 Å². The number of thioether (sulfide) groups is 1. The summed E-state index contributed by atoms with van der Waals surface area (Å²) in [5.41, 5.74) is 4.93. The number of aromatic nitrogens is 3. The molecule has 0 bridgehead atoms. The van der Waals surface area contributed by atoms with Crippen LogP contribution in [0.25, 0.3) is 16.8 Å². The van der Waals surface area contributed by atoms with Crippen LogP contribution in [0.15, 0.2) is 41.6 Å². The smallest absolute Gasteiger partial charge is 0.230 e. The molecule has 26 heavy (non-hydrogen) atoms. The number of benzene rings is 1. The topological polar surface area (TPSA) is 68.5 Å². The third-order valence-electron chi connectivity index (χ3n) is 3.89. The first kappa shape index (κ1) is 18.4. The molecule has 0 atom stereocenters. The van der Waals surface area contributed by atoms with E-state index in [2.05, 4.69) is 23.4 Å². The highest BCUT2D eigenvalue weighted by atomic mass is 32.2. The predicted molar refractivity (Wildman–Crippen MR) is 104 cm³/mol. The minimum atomic E-state index is -0.0468. The predicted octanol–water partition coefficient (Wildman–Crippen LogP) is 2.87. The number of fused-ring (bicyclic) bond motifs is 1. The molecule has 0 saturated heterocycles. The van der Waals surface area contributed by atoms with Crippen LogP contribution in [-0.4, -0.2) is 46.5 Å². The van der Waals surface area contributed by atoms with Crippen LogP contribution >= 0.6 is 11.8 Å². The van der Waals surface area contributed by atoms with E-state index < -0.39 is 0 Å².